The van der Waals surface area contributed by atoms with E-state index in [1.54, 1.807) is 18.2 Å². The Morgan fingerprint density at radius 3 is 2.64 bits per heavy atom. The third-order valence-electron chi connectivity index (χ3n) is 3.25. The maximum absolute atomic E-state index is 12.2. The Balaban J connectivity index is 2.07. The molecule has 0 bridgehead atoms. The van der Waals surface area contributed by atoms with Gasteiger partial charge in [0.25, 0.3) is 5.91 Å². The highest BCUT2D eigenvalue weighted by Crippen LogP contribution is 2.22. The first kappa shape index (κ1) is 16.5. The van der Waals surface area contributed by atoms with Gasteiger partial charge in [-0.2, -0.15) is 0 Å². The summed E-state index contributed by atoms with van der Waals surface area (Å²) >= 11 is 5.85. The predicted molar refractivity (Wildman–Crippen MR) is 86.7 cm³/mol. The van der Waals surface area contributed by atoms with Crippen LogP contribution in [0.1, 0.15) is 30.8 Å². The van der Waals surface area contributed by atoms with Gasteiger partial charge in [0.15, 0.2) is 11.5 Å². The Morgan fingerprint density at radius 1 is 1.36 bits per heavy atom. The molecule has 1 heterocycles. The summed E-state index contributed by atoms with van der Waals surface area (Å²) in [6, 6.07) is 8.68. The Morgan fingerprint density at radius 2 is 2.05 bits per heavy atom. The monoisotopic (exact) mass is 321 g/mol. The molecule has 0 radical (unpaired) electrons. The fourth-order valence-corrected chi connectivity index (χ4v) is 2.30. The largest absolute Gasteiger partial charge is 0.355 e. The van der Waals surface area contributed by atoms with Crippen LogP contribution in [0, 0.1) is 5.92 Å². The van der Waals surface area contributed by atoms with Crippen LogP contribution in [0.15, 0.2) is 34.9 Å². The lowest BCUT2D eigenvalue weighted by molar-refractivity contribution is 0.0924. The third kappa shape index (κ3) is 4.32. The first-order chi connectivity index (χ1) is 10.5. The summed E-state index contributed by atoms with van der Waals surface area (Å²) in [5, 5.41) is 7.34. The number of benzene rings is 1. The highest BCUT2D eigenvalue weighted by molar-refractivity contribution is 6.30. The van der Waals surface area contributed by atoms with Crippen molar-refractivity contribution in [2.45, 2.75) is 26.3 Å². The van der Waals surface area contributed by atoms with Crippen LogP contribution in [0.5, 0.6) is 0 Å². The molecule has 118 valence electrons. The van der Waals surface area contributed by atoms with Gasteiger partial charge in [-0.25, -0.2) is 0 Å². The van der Waals surface area contributed by atoms with E-state index < -0.39 is 0 Å². The molecule has 5 nitrogen and oxygen atoms in total. The summed E-state index contributed by atoms with van der Waals surface area (Å²) in [6.07, 6.45) is 0.824. The highest BCUT2D eigenvalue weighted by Gasteiger charge is 2.17. The molecule has 0 aliphatic rings. The van der Waals surface area contributed by atoms with Crippen LogP contribution in [0.4, 0.5) is 0 Å². The maximum Gasteiger partial charge on any atom is 0.273 e. The van der Waals surface area contributed by atoms with Crippen molar-refractivity contribution in [2.24, 2.45) is 11.7 Å². The molecule has 6 heteroatoms. The first-order valence-corrected chi connectivity index (χ1v) is 7.61. The minimum atomic E-state index is -0.278. The van der Waals surface area contributed by atoms with E-state index in [0.717, 1.165) is 12.0 Å². The molecule has 0 saturated heterocycles. The number of aromatic nitrogens is 1. The molecule has 2 aromatic rings. The second-order valence-electron chi connectivity index (χ2n) is 5.62. The number of nitrogens with zero attached hydrogens (tertiary/aromatic N) is 1. The van der Waals surface area contributed by atoms with Crippen molar-refractivity contribution in [3.05, 3.63) is 41.0 Å². The molecule has 1 unspecified atom stereocenters. The van der Waals surface area contributed by atoms with Crippen LogP contribution < -0.4 is 11.1 Å². The average Bonchev–Trinajstić information content (AvgIpc) is 2.96. The van der Waals surface area contributed by atoms with Crippen molar-refractivity contribution >= 4 is 17.5 Å². The molecule has 22 heavy (non-hydrogen) atoms. The van der Waals surface area contributed by atoms with Crippen LogP contribution >= 0.6 is 11.6 Å². The van der Waals surface area contributed by atoms with Crippen LogP contribution in [0.2, 0.25) is 5.02 Å². The van der Waals surface area contributed by atoms with Gasteiger partial charge in [0.1, 0.15) is 0 Å². The van der Waals surface area contributed by atoms with Crippen molar-refractivity contribution in [1.29, 1.82) is 0 Å². The second-order valence-corrected chi connectivity index (χ2v) is 6.06. The van der Waals surface area contributed by atoms with E-state index in [4.69, 9.17) is 21.9 Å². The molecular formula is C16H20ClN3O2. The van der Waals surface area contributed by atoms with E-state index in [1.807, 2.05) is 12.1 Å². The molecule has 0 aliphatic carbocycles. The quantitative estimate of drug-likeness (QED) is 0.856. The summed E-state index contributed by atoms with van der Waals surface area (Å²) in [7, 11) is 0. The molecule has 1 amide bonds. The van der Waals surface area contributed by atoms with Crippen molar-refractivity contribution in [1.82, 2.24) is 10.5 Å². The summed E-state index contributed by atoms with van der Waals surface area (Å²) in [5.41, 5.74) is 6.74. The topological polar surface area (TPSA) is 81.1 Å². The standard InChI is InChI=1S/C16H20ClN3O2/c1-10(2)7-13(9-18)19-16(21)14-8-15(22-20-14)11-3-5-12(17)6-4-11/h3-6,8,10,13H,7,9,18H2,1-2H3,(H,19,21). The van der Waals surface area contributed by atoms with Gasteiger partial charge in [0.2, 0.25) is 0 Å². The fraction of sp³-hybridized carbons (Fsp3) is 0.375. The Labute approximate surface area is 134 Å². The third-order valence-corrected chi connectivity index (χ3v) is 3.50. The lowest BCUT2D eigenvalue weighted by Gasteiger charge is -2.17. The van der Waals surface area contributed by atoms with Gasteiger partial charge in [-0.15, -0.1) is 0 Å². The zero-order chi connectivity index (χ0) is 16.1. The number of hydrogen-bond donors (Lipinski definition) is 2. The molecule has 1 atom stereocenters. The van der Waals surface area contributed by atoms with Gasteiger partial charge < -0.3 is 15.6 Å². The van der Waals surface area contributed by atoms with E-state index in [1.165, 1.54) is 0 Å². The minimum Gasteiger partial charge on any atom is -0.355 e. The smallest absolute Gasteiger partial charge is 0.273 e. The van der Waals surface area contributed by atoms with Gasteiger partial charge in [0.05, 0.1) is 0 Å². The Kier molecular flexibility index (Phi) is 5.57. The summed E-state index contributed by atoms with van der Waals surface area (Å²) in [6.45, 7) is 4.57. The molecule has 0 fully saturated rings. The number of carbonyl (C=O) groups is 1. The van der Waals surface area contributed by atoms with E-state index in [2.05, 4.69) is 24.3 Å². The molecule has 3 N–H and O–H groups in total. The van der Waals surface area contributed by atoms with Crippen LogP contribution in [0.25, 0.3) is 11.3 Å². The summed E-state index contributed by atoms with van der Waals surface area (Å²) < 4.78 is 5.22. The molecule has 0 spiro atoms. The van der Waals surface area contributed by atoms with Crippen molar-refractivity contribution in [3.63, 3.8) is 0 Å². The van der Waals surface area contributed by atoms with E-state index in [-0.39, 0.29) is 17.6 Å². The normalized spacial score (nSPS) is 12.4. The lowest BCUT2D eigenvalue weighted by Crippen LogP contribution is -2.41. The minimum absolute atomic E-state index is 0.0665. The molecule has 2 rings (SSSR count). The van der Waals surface area contributed by atoms with Gasteiger partial charge in [-0.3, -0.25) is 4.79 Å². The number of carbonyl (C=O) groups excluding carboxylic acids is 1. The Hall–Kier alpha value is -1.85. The maximum atomic E-state index is 12.2. The van der Waals surface area contributed by atoms with Crippen LogP contribution in [-0.4, -0.2) is 23.7 Å². The molecule has 0 aliphatic heterocycles. The van der Waals surface area contributed by atoms with Crippen LogP contribution in [-0.2, 0) is 0 Å². The van der Waals surface area contributed by atoms with Crippen molar-refractivity contribution in [2.75, 3.05) is 6.54 Å². The number of amides is 1. The number of rotatable bonds is 6. The molecule has 0 saturated carbocycles. The van der Waals surface area contributed by atoms with Crippen molar-refractivity contribution in [3.8, 4) is 11.3 Å². The zero-order valence-electron chi connectivity index (χ0n) is 12.7. The van der Waals surface area contributed by atoms with Gasteiger partial charge in [-0.05, 0) is 36.6 Å². The Bertz CT molecular complexity index is 623. The van der Waals surface area contributed by atoms with Gasteiger partial charge in [0, 0.05) is 29.2 Å². The lowest BCUT2D eigenvalue weighted by atomic mass is 10.0. The first-order valence-electron chi connectivity index (χ1n) is 7.23. The molecule has 1 aromatic carbocycles. The number of nitrogens with two attached hydrogens (primary N) is 1. The van der Waals surface area contributed by atoms with Crippen molar-refractivity contribution < 1.29 is 9.32 Å². The molecular weight excluding hydrogens is 302 g/mol. The summed E-state index contributed by atoms with van der Waals surface area (Å²) in [5.74, 6) is 0.700. The van der Waals surface area contributed by atoms with E-state index in [0.29, 0.717) is 23.2 Å². The highest BCUT2D eigenvalue weighted by atomic mass is 35.5. The second kappa shape index (κ2) is 7.42. The SMILES string of the molecule is CC(C)CC(CN)NC(=O)c1cc(-c2ccc(Cl)cc2)on1. The number of nitrogens with one attached hydrogen (secondary N) is 1. The number of halogens is 1. The fourth-order valence-electron chi connectivity index (χ4n) is 2.17. The summed E-state index contributed by atoms with van der Waals surface area (Å²) in [4.78, 5) is 12.2. The van der Waals surface area contributed by atoms with Gasteiger partial charge in [-0.1, -0.05) is 30.6 Å². The average molecular weight is 322 g/mol. The van der Waals surface area contributed by atoms with E-state index in [9.17, 15) is 4.79 Å². The van der Waals surface area contributed by atoms with Crippen LogP contribution in [0.3, 0.4) is 0 Å². The zero-order valence-corrected chi connectivity index (χ0v) is 13.4. The number of hydrogen-bond acceptors (Lipinski definition) is 4. The van der Waals surface area contributed by atoms with E-state index >= 15 is 0 Å². The predicted octanol–water partition coefficient (Wildman–Crippen LogP) is 3.10. The van der Waals surface area contributed by atoms with Gasteiger partial charge >= 0.3 is 0 Å². The molecule has 1 aromatic heterocycles.